The number of furan rings is 1. The summed E-state index contributed by atoms with van der Waals surface area (Å²) in [6.45, 7) is 5.29. The maximum Gasteiger partial charge on any atom is 0.164 e. The Morgan fingerprint density at radius 2 is 2.44 bits per heavy atom. The molecule has 0 saturated carbocycles. The zero-order chi connectivity index (χ0) is 6.85. The predicted octanol–water partition coefficient (Wildman–Crippen LogP) is 0.196. The van der Waals surface area contributed by atoms with Crippen molar-refractivity contribution in [2.75, 3.05) is 0 Å². The standard InChI is InChI=1S/C7H8O2/c1-3-7-6(8)4-5(2)9-7/h3-4,8H,2H2,1H3/b7-3-. The third-order valence-corrected chi connectivity index (χ3v) is 1.05. The molecule has 2 heteroatoms. The van der Waals surface area contributed by atoms with Crippen LogP contribution in [-0.2, 0) is 0 Å². The number of hydrogen-bond acceptors (Lipinski definition) is 2. The second-order valence-corrected chi connectivity index (χ2v) is 1.75. The highest BCUT2D eigenvalue weighted by atomic mass is 16.4. The molecular weight excluding hydrogens is 116 g/mol. The van der Waals surface area contributed by atoms with Gasteiger partial charge in [-0.2, -0.15) is 0 Å². The van der Waals surface area contributed by atoms with E-state index in [1.807, 2.05) is 0 Å². The van der Waals surface area contributed by atoms with E-state index < -0.39 is 0 Å². The van der Waals surface area contributed by atoms with Gasteiger partial charge in [-0.1, -0.05) is 6.58 Å². The summed E-state index contributed by atoms with van der Waals surface area (Å²) in [4.78, 5) is 0. The molecule has 0 spiro atoms. The van der Waals surface area contributed by atoms with Gasteiger partial charge in [0.15, 0.2) is 11.2 Å². The first kappa shape index (κ1) is 5.95. The summed E-state index contributed by atoms with van der Waals surface area (Å²) in [6, 6.07) is 1.48. The third kappa shape index (κ3) is 0.964. The Morgan fingerprint density at radius 1 is 1.78 bits per heavy atom. The van der Waals surface area contributed by atoms with Crippen molar-refractivity contribution in [3.8, 4) is 5.75 Å². The topological polar surface area (TPSA) is 33.4 Å². The van der Waals surface area contributed by atoms with Gasteiger partial charge in [0, 0.05) is 6.07 Å². The van der Waals surface area contributed by atoms with Crippen molar-refractivity contribution >= 4 is 12.7 Å². The van der Waals surface area contributed by atoms with Crippen LogP contribution in [0.25, 0.3) is 12.7 Å². The van der Waals surface area contributed by atoms with Gasteiger partial charge in [-0.05, 0) is 13.0 Å². The molecule has 9 heavy (non-hydrogen) atoms. The Hall–Kier alpha value is -1.18. The first-order valence-corrected chi connectivity index (χ1v) is 2.68. The van der Waals surface area contributed by atoms with Crippen LogP contribution in [0.2, 0.25) is 0 Å². The van der Waals surface area contributed by atoms with Gasteiger partial charge >= 0.3 is 0 Å². The molecule has 1 aromatic rings. The van der Waals surface area contributed by atoms with Crippen molar-refractivity contribution in [2.24, 2.45) is 0 Å². The average Bonchev–Trinajstić information content (AvgIpc) is 2.10. The van der Waals surface area contributed by atoms with Crippen LogP contribution in [0, 0.1) is 0 Å². The van der Waals surface area contributed by atoms with Crippen LogP contribution >= 0.6 is 0 Å². The molecule has 0 fully saturated rings. The molecule has 0 saturated heterocycles. The number of hydrogen-bond donors (Lipinski definition) is 1. The molecule has 0 aliphatic heterocycles. The summed E-state index contributed by atoms with van der Waals surface area (Å²) in [5.74, 6) is 0.155. The Bertz CT molecular complexity index is 295. The van der Waals surface area contributed by atoms with Gasteiger partial charge in [0.1, 0.15) is 5.42 Å². The fourth-order valence-electron chi connectivity index (χ4n) is 0.653. The quantitative estimate of drug-likeness (QED) is 0.535. The van der Waals surface area contributed by atoms with Crippen LogP contribution in [0.15, 0.2) is 10.5 Å². The molecule has 1 rings (SSSR count). The molecule has 1 aromatic heterocycles. The summed E-state index contributed by atoms with van der Waals surface area (Å²) in [5.41, 5.74) is 0.973. The van der Waals surface area contributed by atoms with Gasteiger partial charge in [0.2, 0.25) is 0 Å². The lowest BCUT2D eigenvalue weighted by molar-refractivity contribution is 0.435. The minimum absolute atomic E-state index is 0.155. The summed E-state index contributed by atoms with van der Waals surface area (Å²) in [6.07, 6.45) is 1.68. The van der Waals surface area contributed by atoms with Crippen LogP contribution in [-0.4, -0.2) is 5.11 Å². The van der Waals surface area contributed by atoms with E-state index in [1.165, 1.54) is 6.07 Å². The highest BCUT2D eigenvalue weighted by molar-refractivity contribution is 5.25. The first-order chi connectivity index (χ1) is 4.24. The van der Waals surface area contributed by atoms with E-state index in [0.29, 0.717) is 10.8 Å². The largest absolute Gasteiger partial charge is 0.504 e. The molecule has 0 unspecified atom stereocenters. The molecule has 48 valence electrons. The molecule has 2 nitrogen and oxygen atoms in total. The van der Waals surface area contributed by atoms with Crippen molar-refractivity contribution in [2.45, 2.75) is 6.92 Å². The van der Waals surface area contributed by atoms with Crippen molar-refractivity contribution in [3.63, 3.8) is 0 Å². The van der Waals surface area contributed by atoms with E-state index in [1.54, 1.807) is 13.0 Å². The van der Waals surface area contributed by atoms with E-state index in [-0.39, 0.29) is 5.75 Å². The SMILES string of the molecule is C=c1cc(O)/c(=C/C)o1. The molecule has 0 aliphatic rings. The number of aromatic hydroxyl groups is 1. The first-order valence-electron chi connectivity index (χ1n) is 2.68. The molecule has 0 bridgehead atoms. The van der Waals surface area contributed by atoms with Crippen molar-refractivity contribution in [1.82, 2.24) is 0 Å². The van der Waals surface area contributed by atoms with E-state index in [2.05, 4.69) is 6.58 Å². The Kier molecular flexibility index (Phi) is 1.30. The summed E-state index contributed by atoms with van der Waals surface area (Å²) in [5, 5.41) is 8.97. The molecule has 1 N–H and O–H groups in total. The fourth-order valence-corrected chi connectivity index (χ4v) is 0.653. The molecule has 0 aromatic carbocycles. The fraction of sp³-hybridized carbons (Fsp3) is 0.143. The highest BCUT2D eigenvalue weighted by Crippen LogP contribution is 1.92. The van der Waals surface area contributed by atoms with E-state index in [4.69, 9.17) is 9.52 Å². The van der Waals surface area contributed by atoms with Crippen molar-refractivity contribution in [3.05, 3.63) is 16.9 Å². The van der Waals surface area contributed by atoms with Crippen LogP contribution in [0.4, 0.5) is 0 Å². The highest BCUT2D eigenvalue weighted by Gasteiger charge is 1.91. The zero-order valence-electron chi connectivity index (χ0n) is 5.22. The summed E-state index contributed by atoms with van der Waals surface area (Å²) in [7, 11) is 0. The lowest BCUT2D eigenvalue weighted by Gasteiger charge is -1.74. The van der Waals surface area contributed by atoms with Gasteiger partial charge in [-0.15, -0.1) is 0 Å². The van der Waals surface area contributed by atoms with Gasteiger partial charge < -0.3 is 9.52 Å². The summed E-state index contributed by atoms with van der Waals surface area (Å²) < 4.78 is 4.95. The Labute approximate surface area is 52.7 Å². The summed E-state index contributed by atoms with van der Waals surface area (Å²) >= 11 is 0. The van der Waals surface area contributed by atoms with Gasteiger partial charge in [0.05, 0.1) is 0 Å². The average molecular weight is 124 g/mol. The van der Waals surface area contributed by atoms with E-state index in [0.717, 1.165) is 0 Å². The maximum atomic E-state index is 8.97. The molecular formula is C7H8O2. The van der Waals surface area contributed by atoms with Crippen molar-refractivity contribution in [1.29, 1.82) is 0 Å². The third-order valence-electron chi connectivity index (χ3n) is 1.05. The van der Waals surface area contributed by atoms with E-state index >= 15 is 0 Å². The molecule has 0 radical (unpaired) electrons. The van der Waals surface area contributed by atoms with Gasteiger partial charge in [-0.3, -0.25) is 0 Å². The number of rotatable bonds is 0. The molecule has 0 amide bonds. The van der Waals surface area contributed by atoms with Crippen LogP contribution in [0.5, 0.6) is 5.75 Å². The van der Waals surface area contributed by atoms with Gasteiger partial charge in [0.25, 0.3) is 0 Å². The smallest absolute Gasteiger partial charge is 0.164 e. The monoisotopic (exact) mass is 124 g/mol. The minimum atomic E-state index is 0.155. The second-order valence-electron chi connectivity index (χ2n) is 1.75. The van der Waals surface area contributed by atoms with Crippen LogP contribution < -0.4 is 10.8 Å². The van der Waals surface area contributed by atoms with Gasteiger partial charge in [-0.25, -0.2) is 0 Å². The van der Waals surface area contributed by atoms with Crippen LogP contribution in [0.1, 0.15) is 6.92 Å². The molecule has 1 heterocycles. The minimum Gasteiger partial charge on any atom is -0.504 e. The molecule has 0 aliphatic carbocycles. The second kappa shape index (κ2) is 1.97. The van der Waals surface area contributed by atoms with Crippen LogP contribution in [0.3, 0.4) is 0 Å². The normalized spacial score (nSPS) is 12.3. The maximum absolute atomic E-state index is 8.97. The zero-order valence-corrected chi connectivity index (χ0v) is 5.22. The molecule has 0 atom stereocenters. The van der Waals surface area contributed by atoms with Crippen molar-refractivity contribution < 1.29 is 9.52 Å². The Morgan fingerprint density at radius 3 is 2.67 bits per heavy atom. The Balaban J connectivity index is 3.51. The lowest BCUT2D eigenvalue weighted by atomic mass is 10.5. The lowest BCUT2D eigenvalue weighted by Crippen LogP contribution is -1.95. The predicted molar refractivity (Wildman–Crippen MR) is 35.3 cm³/mol. The van der Waals surface area contributed by atoms with E-state index in [9.17, 15) is 0 Å².